The minimum atomic E-state index is 0.944. The lowest BCUT2D eigenvalue weighted by Crippen LogP contribution is -2.13. The van der Waals surface area contributed by atoms with Crippen molar-refractivity contribution in [1.29, 1.82) is 0 Å². The Morgan fingerprint density at radius 2 is 2.06 bits per heavy atom. The van der Waals surface area contributed by atoms with Crippen molar-refractivity contribution in [3.63, 3.8) is 0 Å². The molecule has 1 aliphatic rings. The van der Waals surface area contributed by atoms with E-state index < -0.39 is 0 Å². The molecule has 0 atom stereocenters. The van der Waals surface area contributed by atoms with Crippen LogP contribution in [0, 0.1) is 19.8 Å². The predicted molar refractivity (Wildman–Crippen MR) is 68.8 cm³/mol. The molecule has 84 valence electrons. The van der Waals surface area contributed by atoms with Crippen LogP contribution < -0.4 is 0 Å². The van der Waals surface area contributed by atoms with Gasteiger partial charge in [0.25, 0.3) is 0 Å². The van der Waals surface area contributed by atoms with Crippen LogP contribution in [0.5, 0.6) is 0 Å². The van der Waals surface area contributed by atoms with E-state index in [9.17, 15) is 0 Å². The van der Waals surface area contributed by atoms with Gasteiger partial charge in [-0.1, -0.05) is 30.9 Å². The molecule has 0 bridgehead atoms. The lowest BCUT2D eigenvalue weighted by Gasteiger charge is -2.24. The molecule has 3 rings (SSSR count). The molecule has 1 saturated carbocycles. The van der Waals surface area contributed by atoms with E-state index in [1.54, 1.807) is 0 Å². The van der Waals surface area contributed by atoms with Crippen molar-refractivity contribution >= 4 is 10.9 Å². The van der Waals surface area contributed by atoms with E-state index in [0.717, 1.165) is 5.92 Å². The van der Waals surface area contributed by atoms with Gasteiger partial charge in [-0.05, 0) is 43.4 Å². The zero-order valence-corrected chi connectivity index (χ0v) is 10.1. The first-order valence-corrected chi connectivity index (χ1v) is 6.31. The first-order chi connectivity index (χ1) is 7.74. The fourth-order valence-electron chi connectivity index (χ4n) is 2.83. The van der Waals surface area contributed by atoms with Crippen LogP contribution in [0.4, 0.5) is 0 Å². The zero-order valence-electron chi connectivity index (χ0n) is 10.1. The van der Waals surface area contributed by atoms with Gasteiger partial charge in [-0.3, -0.25) is 0 Å². The minimum Gasteiger partial charge on any atom is -0.361 e. The molecule has 1 aromatic heterocycles. The minimum absolute atomic E-state index is 0.944. The van der Waals surface area contributed by atoms with Gasteiger partial charge in [0.2, 0.25) is 0 Å². The van der Waals surface area contributed by atoms with E-state index in [1.807, 2.05) is 0 Å². The number of aromatic amines is 1. The molecule has 1 nitrogen and oxygen atoms in total. The van der Waals surface area contributed by atoms with Crippen LogP contribution in [-0.4, -0.2) is 4.98 Å². The van der Waals surface area contributed by atoms with Crippen LogP contribution in [0.2, 0.25) is 0 Å². The molecule has 1 aliphatic carbocycles. The summed E-state index contributed by atoms with van der Waals surface area (Å²) < 4.78 is 0. The Kier molecular flexibility index (Phi) is 2.27. The maximum Gasteiger partial charge on any atom is 0.0486 e. The standard InChI is InChI=1S/C15H19N/c1-10-6-11(2)15-14(7-10)13(9-16-15)8-12-4-3-5-12/h6-7,9,12,16H,3-5,8H2,1-2H3. The van der Waals surface area contributed by atoms with Gasteiger partial charge in [0, 0.05) is 17.1 Å². The summed E-state index contributed by atoms with van der Waals surface area (Å²) >= 11 is 0. The van der Waals surface area contributed by atoms with Crippen molar-refractivity contribution in [1.82, 2.24) is 4.98 Å². The smallest absolute Gasteiger partial charge is 0.0486 e. The average molecular weight is 213 g/mol. The summed E-state index contributed by atoms with van der Waals surface area (Å²) in [6.45, 7) is 4.38. The Hall–Kier alpha value is -1.24. The van der Waals surface area contributed by atoms with E-state index in [2.05, 4.69) is 37.2 Å². The molecule has 0 radical (unpaired) electrons. The number of rotatable bonds is 2. The van der Waals surface area contributed by atoms with Gasteiger partial charge in [0.05, 0.1) is 0 Å². The number of nitrogens with one attached hydrogen (secondary N) is 1. The van der Waals surface area contributed by atoms with Crippen LogP contribution in [0.3, 0.4) is 0 Å². The first-order valence-electron chi connectivity index (χ1n) is 6.31. The molecule has 1 fully saturated rings. The molecule has 0 saturated heterocycles. The van der Waals surface area contributed by atoms with Crippen LogP contribution >= 0.6 is 0 Å². The van der Waals surface area contributed by atoms with Gasteiger partial charge in [-0.25, -0.2) is 0 Å². The predicted octanol–water partition coefficient (Wildman–Crippen LogP) is 4.13. The van der Waals surface area contributed by atoms with E-state index in [0.29, 0.717) is 0 Å². The highest BCUT2D eigenvalue weighted by Gasteiger charge is 2.19. The second-order valence-electron chi connectivity index (χ2n) is 5.32. The Labute approximate surface area is 96.9 Å². The molecule has 2 aromatic rings. The molecule has 1 heterocycles. The van der Waals surface area contributed by atoms with Crippen molar-refractivity contribution in [3.8, 4) is 0 Å². The summed E-state index contributed by atoms with van der Waals surface area (Å²) in [7, 11) is 0. The third kappa shape index (κ3) is 1.55. The summed E-state index contributed by atoms with van der Waals surface area (Å²) in [4.78, 5) is 3.44. The fraction of sp³-hybridized carbons (Fsp3) is 0.467. The van der Waals surface area contributed by atoms with Gasteiger partial charge in [0.1, 0.15) is 0 Å². The second kappa shape index (κ2) is 3.65. The number of hydrogen-bond donors (Lipinski definition) is 1. The van der Waals surface area contributed by atoms with Gasteiger partial charge in [-0.15, -0.1) is 0 Å². The monoisotopic (exact) mass is 213 g/mol. The van der Waals surface area contributed by atoms with Gasteiger partial charge >= 0.3 is 0 Å². The zero-order chi connectivity index (χ0) is 11.1. The van der Waals surface area contributed by atoms with Gasteiger partial charge in [-0.2, -0.15) is 0 Å². The van der Waals surface area contributed by atoms with Crippen molar-refractivity contribution in [2.75, 3.05) is 0 Å². The highest BCUT2D eigenvalue weighted by Crippen LogP contribution is 2.32. The summed E-state index contributed by atoms with van der Waals surface area (Å²) in [6, 6.07) is 4.58. The molecule has 1 N–H and O–H groups in total. The molecule has 0 amide bonds. The van der Waals surface area contributed by atoms with E-state index in [4.69, 9.17) is 0 Å². The van der Waals surface area contributed by atoms with Crippen molar-refractivity contribution in [2.45, 2.75) is 39.5 Å². The van der Waals surface area contributed by atoms with Crippen LogP contribution in [0.25, 0.3) is 10.9 Å². The maximum absolute atomic E-state index is 3.44. The summed E-state index contributed by atoms with van der Waals surface area (Å²) in [6.07, 6.45) is 7.78. The lowest BCUT2D eigenvalue weighted by atomic mass is 9.81. The van der Waals surface area contributed by atoms with E-state index >= 15 is 0 Å². The Balaban J connectivity index is 2.04. The van der Waals surface area contributed by atoms with E-state index in [-0.39, 0.29) is 0 Å². The molecule has 0 aliphatic heterocycles. The van der Waals surface area contributed by atoms with Crippen molar-refractivity contribution in [2.24, 2.45) is 5.92 Å². The maximum atomic E-state index is 3.44. The number of H-pyrrole nitrogens is 1. The number of aryl methyl sites for hydroxylation is 2. The molecule has 1 heteroatoms. The lowest BCUT2D eigenvalue weighted by molar-refractivity contribution is 0.315. The average Bonchev–Trinajstić information content (AvgIpc) is 2.55. The largest absolute Gasteiger partial charge is 0.361 e. The molecular weight excluding hydrogens is 194 g/mol. The first kappa shape index (κ1) is 9.95. The van der Waals surface area contributed by atoms with Crippen LogP contribution in [0.1, 0.15) is 36.0 Å². The third-order valence-corrected chi connectivity index (χ3v) is 3.95. The Bertz CT molecular complexity index is 517. The highest BCUT2D eigenvalue weighted by atomic mass is 14.7. The second-order valence-corrected chi connectivity index (χ2v) is 5.32. The van der Waals surface area contributed by atoms with E-state index in [1.165, 1.54) is 53.3 Å². The Morgan fingerprint density at radius 1 is 1.25 bits per heavy atom. The van der Waals surface area contributed by atoms with Crippen LogP contribution in [0.15, 0.2) is 18.3 Å². The molecule has 1 aromatic carbocycles. The fourth-order valence-corrected chi connectivity index (χ4v) is 2.83. The SMILES string of the molecule is Cc1cc(C)c2[nH]cc(CC3CCC3)c2c1. The number of fused-ring (bicyclic) bond motifs is 1. The number of aromatic nitrogens is 1. The van der Waals surface area contributed by atoms with Crippen LogP contribution in [-0.2, 0) is 6.42 Å². The Morgan fingerprint density at radius 3 is 2.75 bits per heavy atom. The molecule has 0 spiro atoms. The molecule has 0 unspecified atom stereocenters. The summed E-state index contributed by atoms with van der Waals surface area (Å²) in [5, 5.41) is 1.45. The normalized spacial score (nSPS) is 16.6. The summed E-state index contributed by atoms with van der Waals surface area (Å²) in [5.74, 6) is 0.944. The number of benzene rings is 1. The number of hydrogen-bond acceptors (Lipinski definition) is 0. The topological polar surface area (TPSA) is 15.8 Å². The molecule has 16 heavy (non-hydrogen) atoms. The van der Waals surface area contributed by atoms with Gasteiger partial charge < -0.3 is 4.98 Å². The quantitative estimate of drug-likeness (QED) is 0.772. The third-order valence-electron chi connectivity index (χ3n) is 3.95. The molecular formula is C15H19N. The summed E-state index contributed by atoms with van der Waals surface area (Å²) in [5.41, 5.74) is 5.60. The van der Waals surface area contributed by atoms with Crippen molar-refractivity contribution in [3.05, 3.63) is 35.0 Å². The van der Waals surface area contributed by atoms with Crippen molar-refractivity contribution < 1.29 is 0 Å². The highest BCUT2D eigenvalue weighted by molar-refractivity contribution is 5.86. The van der Waals surface area contributed by atoms with Gasteiger partial charge in [0.15, 0.2) is 0 Å².